The smallest absolute Gasteiger partial charge is 0.422 e. The molecular formula is C17H15F3N2O2. The molecule has 0 fully saturated rings. The minimum atomic E-state index is -4.37. The second-order valence-electron chi connectivity index (χ2n) is 5.70. The number of rotatable bonds is 4. The van der Waals surface area contributed by atoms with E-state index in [1.165, 1.54) is 6.07 Å². The van der Waals surface area contributed by atoms with Crippen LogP contribution >= 0.6 is 0 Å². The fraction of sp³-hybridized carbons (Fsp3) is 0.294. The zero-order valence-electron chi connectivity index (χ0n) is 12.9. The third-order valence-corrected chi connectivity index (χ3v) is 3.79. The number of fused-ring (bicyclic) bond motifs is 1. The van der Waals surface area contributed by atoms with E-state index < -0.39 is 12.8 Å². The zero-order chi connectivity index (χ0) is 17.3. The number of carbonyl (C=O) groups is 1. The SMILES string of the molecule is Cc1cc(CN2Cc3cnccc3C2=O)ccc1OCC(F)(F)F. The maximum absolute atomic E-state index is 12.3. The Kier molecular flexibility index (Phi) is 4.17. The second kappa shape index (κ2) is 6.14. The summed E-state index contributed by atoms with van der Waals surface area (Å²) >= 11 is 0. The van der Waals surface area contributed by atoms with Crippen molar-refractivity contribution in [2.24, 2.45) is 0 Å². The number of aryl methyl sites for hydroxylation is 1. The van der Waals surface area contributed by atoms with Gasteiger partial charge in [0.05, 0.1) is 0 Å². The lowest BCUT2D eigenvalue weighted by Crippen LogP contribution is -2.23. The topological polar surface area (TPSA) is 42.4 Å². The molecule has 2 heterocycles. The van der Waals surface area contributed by atoms with Crippen LogP contribution in [0.1, 0.15) is 27.0 Å². The number of aromatic nitrogens is 1. The molecule has 2 aromatic rings. The summed E-state index contributed by atoms with van der Waals surface area (Å²) in [5.41, 5.74) is 2.96. The van der Waals surface area contributed by atoms with Crippen molar-refractivity contribution in [3.63, 3.8) is 0 Å². The van der Waals surface area contributed by atoms with Crippen LogP contribution in [-0.4, -0.2) is 28.6 Å². The lowest BCUT2D eigenvalue weighted by Gasteiger charge is -2.17. The third-order valence-electron chi connectivity index (χ3n) is 3.79. The highest BCUT2D eigenvalue weighted by Crippen LogP contribution is 2.26. The number of amides is 1. The summed E-state index contributed by atoms with van der Waals surface area (Å²) in [6.07, 6.45) is -1.11. The van der Waals surface area contributed by atoms with E-state index in [-0.39, 0.29) is 11.7 Å². The largest absolute Gasteiger partial charge is 0.484 e. The summed E-state index contributed by atoms with van der Waals surface area (Å²) < 4.78 is 41.4. The molecule has 7 heteroatoms. The average Bonchev–Trinajstić information content (AvgIpc) is 2.82. The Morgan fingerprint density at radius 3 is 2.75 bits per heavy atom. The quantitative estimate of drug-likeness (QED) is 0.858. The molecule has 0 saturated heterocycles. The minimum absolute atomic E-state index is 0.0672. The number of nitrogens with zero attached hydrogens (tertiary/aromatic N) is 2. The van der Waals surface area contributed by atoms with E-state index in [0.717, 1.165) is 11.1 Å². The van der Waals surface area contributed by atoms with Crippen LogP contribution in [-0.2, 0) is 13.1 Å². The predicted molar refractivity (Wildman–Crippen MR) is 80.5 cm³/mol. The molecule has 1 amide bonds. The summed E-state index contributed by atoms with van der Waals surface area (Å²) in [6.45, 7) is 1.22. The monoisotopic (exact) mass is 336 g/mol. The molecule has 0 N–H and O–H groups in total. The van der Waals surface area contributed by atoms with Crippen LogP contribution in [0.25, 0.3) is 0 Å². The molecule has 24 heavy (non-hydrogen) atoms. The molecule has 4 nitrogen and oxygen atoms in total. The lowest BCUT2D eigenvalue weighted by atomic mass is 10.1. The summed E-state index contributed by atoms with van der Waals surface area (Å²) in [7, 11) is 0. The van der Waals surface area contributed by atoms with Gasteiger partial charge in [0, 0.05) is 36.6 Å². The van der Waals surface area contributed by atoms with Crippen molar-refractivity contribution in [3.8, 4) is 5.75 Å². The van der Waals surface area contributed by atoms with Crippen molar-refractivity contribution < 1.29 is 22.7 Å². The molecule has 0 atom stereocenters. The maximum Gasteiger partial charge on any atom is 0.422 e. The number of alkyl halides is 3. The van der Waals surface area contributed by atoms with Gasteiger partial charge in [-0.25, -0.2) is 0 Å². The van der Waals surface area contributed by atoms with E-state index >= 15 is 0 Å². The van der Waals surface area contributed by atoms with Gasteiger partial charge < -0.3 is 9.64 Å². The van der Waals surface area contributed by atoms with Crippen LogP contribution in [0.5, 0.6) is 5.75 Å². The minimum Gasteiger partial charge on any atom is -0.484 e. The summed E-state index contributed by atoms with van der Waals surface area (Å²) in [5.74, 6) is 0.124. The van der Waals surface area contributed by atoms with Crippen molar-refractivity contribution in [1.29, 1.82) is 0 Å². The number of pyridine rings is 1. The van der Waals surface area contributed by atoms with Crippen molar-refractivity contribution in [1.82, 2.24) is 9.88 Å². The number of ether oxygens (including phenoxy) is 1. The van der Waals surface area contributed by atoms with Gasteiger partial charge in [-0.1, -0.05) is 12.1 Å². The summed E-state index contributed by atoms with van der Waals surface area (Å²) in [6, 6.07) is 6.61. The van der Waals surface area contributed by atoms with Crippen LogP contribution in [0.15, 0.2) is 36.7 Å². The molecular weight excluding hydrogens is 321 g/mol. The van der Waals surface area contributed by atoms with E-state index in [1.54, 1.807) is 42.4 Å². The van der Waals surface area contributed by atoms with Gasteiger partial charge in [0.1, 0.15) is 5.75 Å². The molecule has 1 aromatic heterocycles. The van der Waals surface area contributed by atoms with Gasteiger partial charge in [0.25, 0.3) is 5.91 Å². The highest BCUT2D eigenvalue weighted by molar-refractivity contribution is 5.98. The maximum atomic E-state index is 12.3. The molecule has 0 bridgehead atoms. The molecule has 0 unspecified atom stereocenters. The predicted octanol–water partition coefficient (Wildman–Crippen LogP) is 3.49. The van der Waals surface area contributed by atoms with Crippen molar-refractivity contribution in [2.45, 2.75) is 26.2 Å². The molecule has 3 rings (SSSR count). The molecule has 1 aliphatic heterocycles. The zero-order valence-corrected chi connectivity index (χ0v) is 12.9. The standard InChI is InChI=1S/C17H15F3N2O2/c1-11-6-12(2-3-15(11)24-10-17(18,19)20)8-22-9-13-7-21-5-4-14(13)16(22)23/h2-7H,8-10H2,1H3. The lowest BCUT2D eigenvalue weighted by molar-refractivity contribution is -0.153. The Hall–Kier alpha value is -2.57. The van der Waals surface area contributed by atoms with Gasteiger partial charge in [-0.2, -0.15) is 13.2 Å². The van der Waals surface area contributed by atoms with Gasteiger partial charge in [-0.15, -0.1) is 0 Å². The van der Waals surface area contributed by atoms with E-state index in [9.17, 15) is 18.0 Å². The molecule has 0 radical (unpaired) electrons. The molecule has 0 saturated carbocycles. The molecule has 1 aliphatic rings. The van der Waals surface area contributed by atoms with Gasteiger partial charge >= 0.3 is 6.18 Å². The van der Waals surface area contributed by atoms with E-state index in [4.69, 9.17) is 4.74 Å². The van der Waals surface area contributed by atoms with Crippen molar-refractivity contribution in [2.75, 3.05) is 6.61 Å². The highest BCUT2D eigenvalue weighted by atomic mass is 19.4. The molecule has 1 aromatic carbocycles. The Morgan fingerprint density at radius 1 is 1.29 bits per heavy atom. The summed E-state index contributed by atoms with van der Waals surface area (Å²) in [4.78, 5) is 18.0. The van der Waals surface area contributed by atoms with Crippen LogP contribution in [0.2, 0.25) is 0 Å². The van der Waals surface area contributed by atoms with Crippen LogP contribution in [0, 0.1) is 6.92 Å². The number of benzene rings is 1. The number of hydrogen-bond acceptors (Lipinski definition) is 3. The van der Waals surface area contributed by atoms with E-state index in [2.05, 4.69) is 4.98 Å². The van der Waals surface area contributed by atoms with Gasteiger partial charge in [0.15, 0.2) is 6.61 Å². The van der Waals surface area contributed by atoms with Gasteiger partial charge in [0.2, 0.25) is 0 Å². The number of halogens is 3. The van der Waals surface area contributed by atoms with Gasteiger partial charge in [-0.3, -0.25) is 9.78 Å². The van der Waals surface area contributed by atoms with E-state index in [0.29, 0.717) is 24.2 Å². The average molecular weight is 336 g/mol. The van der Waals surface area contributed by atoms with Crippen LogP contribution in [0.4, 0.5) is 13.2 Å². The van der Waals surface area contributed by atoms with Crippen molar-refractivity contribution >= 4 is 5.91 Å². The molecule has 0 aliphatic carbocycles. The second-order valence-corrected chi connectivity index (χ2v) is 5.70. The fourth-order valence-electron chi connectivity index (χ4n) is 2.69. The first-order chi connectivity index (χ1) is 11.3. The number of carbonyl (C=O) groups excluding carboxylic acids is 1. The Morgan fingerprint density at radius 2 is 2.08 bits per heavy atom. The first-order valence-electron chi connectivity index (χ1n) is 7.35. The van der Waals surface area contributed by atoms with E-state index in [1.807, 2.05) is 0 Å². The Balaban J connectivity index is 1.69. The van der Waals surface area contributed by atoms with Crippen LogP contribution in [0.3, 0.4) is 0 Å². The first kappa shape index (κ1) is 16.3. The summed E-state index contributed by atoms with van der Waals surface area (Å²) in [5, 5.41) is 0. The van der Waals surface area contributed by atoms with Crippen LogP contribution < -0.4 is 4.74 Å². The highest BCUT2D eigenvalue weighted by Gasteiger charge is 2.29. The Labute approximate surface area is 136 Å². The first-order valence-corrected chi connectivity index (χ1v) is 7.35. The molecule has 0 spiro atoms. The number of hydrogen-bond donors (Lipinski definition) is 0. The van der Waals surface area contributed by atoms with Crippen molar-refractivity contribution in [3.05, 3.63) is 58.9 Å². The fourth-order valence-corrected chi connectivity index (χ4v) is 2.69. The molecule has 126 valence electrons. The Bertz CT molecular complexity index is 775. The third kappa shape index (κ3) is 3.50. The normalized spacial score (nSPS) is 14.0. The van der Waals surface area contributed by atoms with Gasteiger partial charge in [-0.05, 0) is 30.2 Å².